The van der Waals surface area contributed by atoms with Gasteiger partial charge >= 0.3 is 12.1 Å². The van der Waals surface area contributed by atoms with Crippen LogP contribution in [0, 0.1) is 18.2 Å². The fourth-order valence-corrected chi connectivity index (χ4v) is 3.97. The van der Waals surface area contributed by atoms with E-state index in [2.05, 4.69) is 0 Å². The van der Waals surface area contributed by atoms with Crippen molar-refractivity contribution in [1.29, 1.82) is 0 Å². The van der Waals surface area contributed by atoms with Crippen molar-refractivity contribution in [3.63, 3.8) is 0 Å². The number of anilines is 1. The molecule has 0 N–H and O–H groups in total. The first-order valence-electron chi connectivity index (χ1n) is 11.3. The number of halogens is 5. The molecular weight excluding hydrogens is 538 g/mol. The number of rotatable bonds is 6. The number of allylic oxidation sites excluding steroid dienone is 1. The lowest BCUT2D eigenvalue weighted by Gasteiger charge is -2.23. The Morgan fingerprint density at radius 2 is 1.75 bits per heavy atom. The molecule has 0 bridgehead atoms. The lowest BCUT2D eigenvalue weighted by molar-refractivity contribution is -0.152. The summed E-state index contributed by atoms with van der Waals surface area (Å²) in [4.78, 5) is 24.7. The van der Waals surface area contributed by atoms with Crippen molar-refractivity contribution >= 4 is 63.5 Å². The zero-order valence-electron chi connectivity index (χ0n) is 20.9. The quantitative estimate of drug-likeness (QED) is 0.151. The monoisotopic (exact) mass is 567 g/mol. The predicted octanol–water partition coefficient (Wildman–Crippen LogP) is 7.87. The highest BCUT2D eigenvalue weighted by Gasteiger charge is 2.37. The minimum atomic E-state index is -4.58. The molecule has 1 aliphatic carbocycles. The molecule has 4 nitrogen and oxygen atoms in total. The molecule has 1 aromatic carbocycles. The van der Waals surface area contributed by atoms with E-state index in [0.29, 0.717) is 18.2 Å². The molecule has 36 heavy (non-hydrogen) atoms. The van der Waals surface area contributed by atoms with Crippen molar-refractivity contribution < 1.29 is 31.9 Å². The van der Waals surface area contributed by atoms with Gasteiger partial charge in [-0.15, -0.1) is 0 Å². The van der Waals surface area contributed by atoms with Crippen LogP contribution in [0.4, 0.5) is 23.2 Å². The number of amides is 1. The second-order valence-corrected chi connectivity index (χ2v) is 10.4. The van der Waals surface area contributed by atoms with Gasteiger partial charge in [0.1, 0.15) is 17.4 Å². The number of ether oxygens (including phenoxy) is 1. The Labute approximate surface area is 225 Å². The van der Waals surface area contributed by atoms with Gasteiger partial charge in [0.25, 0.3) is 0 Å². The van der Waals surface area contributed by atoms with Gasteiger partial charge in [-0.1, -0.05) is 55.8 Å². The van der Waals surface area contributed by atoms with Crippen LogP contribution in [0.2, 0.25) is 5.02 Å². The number of thiocarbonyl (C=S) groups is 2. The maximum Gasteiger partial charge on any atom is 0.412 e. The minimum Gasteiger partial charge on any atom is -0.460 e. The molecule has 1 aliphatic rings. The fourth-order valence-electron chi connectivity index (χ4n) is 3.38. The molecule has 200 valence electrons. The van der Waals surface area contributed by atoms with Gasteiger partial charge in [-0.05, 0) is 64.3 Å². The van der Waals surface area contributed by atoms with Gasteiger partial charge in [0.05, 0.1) is 11.1 Å². The Morgan fingerprint density at radius 1 is 1.19 bits per heavy atom. The summed E-state index contributed by atoms with van der Waals surface area (Å²) in [6.07, 6.45) is 0.195. The van der Waals surface area contributed by atoms with Crippen molar-refractivity contribution in [3.8, 4) is 0 Å². The maximum atomic E-state index is 14.1. The number of carbonyl (C=O) groups excluding carboxylic acids is 2. The van der Waals surface area contributed by atoms with E-state index in [1.807, 2.05) is 6.92 Å². The average Bonchev–Trinajstić information content (AvgIpc) is 3.23. The van der Waals surface area contributed by atoms with E-state index in [-0.39, 0.29) is 28.5 Å². The van der Waals surface area contributed by atoms with E-state index in [1.54, 1.807) is 13.8 Å². The smallest absolute Gasteiger partial charge is 0.412 e. The van der Waals surface area contributed by atoms with Crippen LogP contribution < -0.4 is 4.90 Å². The maximum absolute atomic E-state index is 14.1. The second kappa shape index (κ2) is 13.6. The van der Waals surface area contributed by atoms with Gasteiger partial charge in [-0.2, -0.15) is 13.2 Å². The molecule has 0 aromatic heterocycles. The average molecular weight is 568 g/mol. The number of nitrogens with zero attached hydrogens (tertiary/aromatic N) is 1. The Bertz CT molecular complexity index is 1030. The highest BCUT2D eigenvalue weighted by molar-refractivity contribution is 7.81. The third kappa shape index (κ3) is 9.19. The molecule has 0 unspecified atom stereocenters. The molecule has 1 fully saturated rings. The van der Waals surface area contributed by atoms with Crippen LogP contribution in [0.3, 0.4) is 0 Å². The van der Waals surface area contributed by atoms with Gasteiger partial charge in [0.15, 0.2) is 0 Å². The van der Waals surface area contributed by atoms with Crippen LogP contribution in [0.1, 0.15) is 65.4 Å². The molecule has 1 aromatic rings. The van der Waals surface area contributed by atoms with Gasteiger partial charge in [0, 0.05) is 21.9 Å². The Balaban J connectivity index is 0.000000420. The Kier molecular flexibility index (Phi) is 12.1. The summed E-state index contributed by atoms with van der Waals surface area (Å²) in [5.41, 5.74) is -0.973. The number of alkyl halides is 3. The second-order valence-electron chi connectivity index (χ2n) is 8.84. The predicted molar refractivity (Wildman–Crippen MR) is 142 cm³/mol. The van der Waals surface area contributed by atoms with Crippen LogP contribution in [-0.4, -0.2) is 34.5 Å². The number of hydrogen-bond acceptors (Lipinski definition) is 5. The van der Waals surface area contributed by atoms with E-state index < -0.39 is 28.5 Å². The molecular formula is C25H30ClF4NO3S2. The number of benzene rings is 1. The summed E-state index contributed by atoms with van der Waals surface area (Å²) in [7, 11) is 0. The SMILES string of the molecule is CC(=S)COC(=O)C1(C)CCCC1.CCC(=O)N(C(=S)/C=C(\C)C(F)(F)F)c1cc(C)c(Cl)cc1F. The molecule has 0 radical (unpaired) electrons. The van der Waals surface area contributed by atoms with Crippen molar-refractivity contribution in [2.75, 3.05) is 11.5 Å². The van der Waals surface area contributed by atoms with E-state index in [0.717, 1.165) is 48.4 Å². The molecule has 0 spiro atoms. The van der Waals surface area contributed by atoms with Crippen LogP contribution >= 0.6 is 36.0 Å². The van der Waals surface area contributed by atoms with Crippen molar-refractivity contribution in [1.82, 2.24) is 0 Å². The first-order valence-corrected chi connectivity index (χ1v) is 12.5. The van der Waals surface area contributed by atoms with Crippen molar-refractivity contribution in [3.05, 3.63) is 40.2 Å². The van der Waals surface area contributed by atoms with Crippen LogP contribution in [-0.2, 0) is 14.3 Å². The number of esters is 1. The van der Waals surface area contributed by atoms with E-state index in [4.69, 9.17) is 40.8 Å². The van der Waals surface area contributed by atoms with E-state index in [1.165, 1.54) is 13.0 Å². The molecule has 0 aliphatic heterocycles. The summed E-state index contributed by atoms with van der Waals surface area (Å²) in [5.74, 6) is -1.54. The topological polar surface area (TPSA) is 46.6 Å². The minimum absolute atomic E-state index is 0.0554. The highest BCUT2D eigenvalue weighted by Crippen LogP contribution is 2.38. The van der Waals surface area contributed by atoms with Gasteiger partial charge in [0.2, 0.25) is 5.91 Å². The van der Waals surface area contributed by atoms with Crippen molar-refractivity contribution in [2.45, 2.75) is 72.9 Å². The summed E-state index contributed by atoms with van der Waals surface area (Å²) in [5, 5.41) is 0.142. The van der Waals surface area contributed by atoms with E-state index >= 15 is 0 Å². The number of hydrogen-bond donors (Lipinski definition) is 0. The lowest BCUT2D eigenvalue weighted by Crippen LogP contribution is -2.35. The first-order chi connectivity index (χ1) is 16.5. The summed E-state index contributed by atoms with van der Waals surface area (Å²) < 4.78 is 57.1. The highest BCUT2D eigenvalue weighted by atomic mass is 35.5. The molecule has 2 rings (SSSR count). The van der Waals surface area contributed by atoms with Gasteiger partial charge in [-0.3, -0.25) is 14.5 Å². The lowest BCUT2D eigenvalue weighted by atomic mass is 9.89. The van der Waals surface area contributed by atoms with Crippen LogP contribution in [0.25, 0.3) is 0 Å². The normalized spacial score (nSPS) is 15.0. The van der Waals surface area contributed by atoms with E-state index in [9.17, 15) is 27.2 Å². The zero-order valence-corrected chi connectivity index (χ0v) is 23.2. The molecule has 1 amide bonds. The summed E-state index contributed by atoms with van der Waals surface area (Å²) in [6.45, 7) is 7.98. The molecule has 1 saturated carbocycles. The summed E-state index contributed by atoms with van der Waals surface area (Å²) >= 11 is 15.5. The third-order valence-corrected chi connectivity index (χ3v) is 6.46. The largest absolute Gasteiger partial charge is 0.460 e. The molecule has 11 heteroatoms. The van der Waals surface area contributed by atoms with Gasteiger partial charge in [-0.25, -0.2) is 4.39 Å². The number of carbonyl (C=O) groups is 2. The Hall–Kier alpha value is -1.91. The first kappa shape index (κ1) is 32.1. The standard InChI is InChI=1S/C15H14ClF4NOS.C10H16O2S/c1-4-13(22)21(14(23)6-9(3)15(18,19)20)12-5-8(2)10(16)7-11(12)17;1-8(13)7-12-9(11)10(2)5-3-4-6-10/h5-7H,4H2,1-3H3;3-7H2,1-2H3/b9-6+;. The summed E-state index contributed by atoms with van der Waals surface area (Å²) in [6, 6.07) is 2.26. The van der Waals surface area contributed by atoms with Crippen LogP contribution in [0.15, 0.2) is 23.8 Å². The van der Waals surface area contributed by atoms with Crippen LogP contribution in [0.5, 0.6) is 0 Å². The van der Waals surface area contributed by atoms with Gasteiger partial charge < -0.3 is 4.74 Å². The fraction of sp³-hybridized carbons (Fsp3) is 0.520. The van der Waals surface area contributed by atoms with Crippen molar-refractivity contribution in [2.24, 2.45) is 5.41 Å². The molecule has 0 heterocycles. The molecule has 0 saturated heterocycles. The third-order valence-electron chi connectivity index (χ3n) is 5.63. The zero-order chi connectivity index (χ0) is 27.8. The molecule has 0 atom stereocenters. The Morgan fingerprint density at radius 3 is 2.22 bits per heavy atom. The number of aryl methyl sites for hydroxylation is 1.